The molecule has 1 aromatic rings. The average Bonchev–Trinajstić information content (AvgIpc) is 2.76. The van der Waals surface area contributed by atoms with Crippen LogP contribution in [-0.2, 0) is 20.7 Å². The van der Waals surface area contributed by atoms with E-state index in [2.05, 4.69) is 33.4 Å². The minimum absolute atomic E-state index is 0.00854. The number of hydrogen-bond acceptors (Lipinski definition) is 3. The van der Waals surface area contributed by atoms with Gasteiger partial charge in [-0.05, 0) is 17.5 Å². The van der Waals surface area contributed by atoms with Crippen LogP contribution in [0.15, 0.2) is 24.3 Å². The summed E-state index contributed by atoms with van der Waals surface area (Å²) in [6, 6.07) is 8.22. The number of ether oxygens (including phenoxy) is 2. The Morgan fingerprint density at radius 3 is 2.95 bits per heavy atom. The summed E-state index contributed by atoms with van der Waals surface area (Å²) in [6.07, 6.45) is 0.449. The van der Waals surface area contributed by atoms with Gasteiger partial charge in [-0.25, -0.2) is 0 Å². The lowest BCUT2D eigenvalue weighted by atomic mass is 10.1. The zero-order valence-electron chi connectivity index (χ0n) is 10.5. The summed E-state index contributed by atoms with van der Waals surface area (Å²) < 4.78 is 10.7. The SMILES string of the molecule is O=C(NC1c2ccccc2CC1Br)C1COCCO1. The minimum atomic E-state index is -0.485. The molecule has 1 fully saturated rings. The van der Waals surface area contributed by atoms with Crippen LogP contribution in [0.5, 0.6) is 0 Å². The molecular formula is C14H16BrNO3. The van der Waals surface area contributed by atoms with Crippen LogP contribution in [0.1, 0.15) is 17.2 Å². The van der Waals surface area contributed by atoms with Crippen molar-refractivity contribution in [3.05, 3.63) is 35.4 Å². The molecule has 1 aromatic carbocycles. The van der Waals surface area contributed by atoms with E-state index < -0.39 is 6.10 Å². The zero-order chi connectivity index (χ0) is 13.2. The van der Waals surface area contributed by atoms with E-state index in [1.807, 2.05) is 12.1 Å². The lowest BCUT2D eigenvalue weighted by Crippen LogP contribution is -2.45. The normalized spacial score (nSPS) is 29.8. The minimum Gasteiger partial charge on any atom is -0.376 e. The second kappa shape index (κ2) is 5.61. The Morgan fingerprint density at radius 2 is 2.16 bits per heavy atom. The van der Waals surface area contributed by atoms with Gasteiger partial charge in [0.25, 0.3) is 5.91 Å². The Labute approximate surface area is 120 Å². The Kier molecular flexibility index (Phi) is 3.86. The third kappa shape index (κ3) is 2.68. The molecule has 5 heteroatoms. The van der Waals surface area contributed by atoms with Gasteiger partial charge in [-0.2, -0.15) is 0 Å². The van der Waals surface area contributed by atoms with E-state index in [1.165, 1.54) is 11.1 Å². The Balaban J connectivity index is 1.71. The van der Waals surface area contributed by atoms with Crippen molar-refractivity contribution in [1.29, 1.82) is 0 Å². The molecule has 1 aliphatic carbocycles. The number of alkyl halides is 1. The molecule has 3 unspecified atom stereocenters. The first-order valence-corrected chi connectivity index (χ1v) is 7.39. The summed E-state index contributed by atoms with van der Waals surface area (Å²) in [7, 11) is 0. The molecule has 1 N–H and O–H groups in total. The van der Waals surface area contributed by atoms with Crippen LogP contribution in [-0.4, -0.2) is 36.7 Å². The lowest BCUT2D eigenvalue weighted by Gasteiger charge is -2.25. The van der Waals surface area contributed by atoms with E-state index in [1.54, 1.807) is 0 Å². The van der Waals surface area contributed by atoms with Gasteiger partial charge in [0.2, 0.25) is 0 Å². The number of fused-ring (bicyclic) bond motifs is 1. The number of rotatable bonds is 2. The van der Waals surface area contributed by atoms with E-state index in [4.69, 9.17) is 9.47 Å². The molecule has 2 aliphatic rings. The molecule has 1 amide bonds. The van der Waals surface area contributed by atoms with Crippen LogP contribution in [0, 0.1) is 0 Å². The predicted octanol–water partition coefficient (Wildman–Crippen LogP) is 1.58. The van der Waals surface area contributed by atoms with Gasteiger partial charge in [0, 0.05) is 4.83 Å². The highest BCUT2D eigenvalue weighted by Crippen LogP contribution is 2.35. The van der Waals surface area contributed by atoms with Crippen molar-refractivity contribution in [2.24, 2.45) is 0 Å². The maximum atomic E-state index is 12.2. The number of carbonyl (C=O) groups is 1. The first-order valence-electron chi connectivity index (χ1n) is 6.47. The van der Waals surface area contributed by atoms with Crippen molar-refractivity contribution in [2.45, 2.75) is 23.4 Å². The fourth-order valence-corrected chi connectivity index (χ4v) is 3.37. The second-order valence-corrected chi connectivity index (χ2v) is 6.02. The van der Waals surface area contributed by atoms with E-state index in [0.29, 0.717) is 19.8 Å². The molecule has 19 heavy (non-hydrogen) atoms. The van der Waals surface area contributed by atoms with Gasteiger partial charge in [0.15, 0.2) is 6.10 Å². The maximum absolute atomic E-state index is 12.2. The van der Waals surface area contributed by atoms with E-state index in [0.717, 1.165) is 6.42 Å². The standard InChI is InChI=1S/C14H16BrNO3/c15-11-7-9-3-1-2-4-10(9)13(11)16-14(17)12-8-18-5-6-19-12/h1-4,11-13H,5-8H2,(H,16,17). The number of carbonyl (C=O) groups excluding carboxylic acids is 1. The highest BCUT2D eigenvalue weighted by molar-refractivity contribution is 9.09. The molecule has 102 valence electrons. The summed E-state index contributed by atoms with van der Waals surface area (Å²) in [6.45, 7) is 1.39. The van der Waals surface area contributed by atoms with Gasteiger partial charge in [0.1, 0.15) is 0 Å². The Bertz CT molecular complexity index is 474. The summed E-state index contributed by atoms with van der Waals surface area (Å²) in [5, 5.41) is 3.06. The van der Waals surface area contributed by atoms with Crippen molar-refractivity contribution in [1.82, 2.24) is 5.32 Å². The summed E-state index contributed by atoms with van der Waals surface area (Å²) in [4.78, 5) is 12.4. The van der Waals surface area contributed by atoms with Crippen molar-refractivity contribution in [3.8, 4) is 0 Å². The van der Waals surface area contributed by atoms with E-state index >= 15 is 0 Å². The average molecular weight is 326 g/mol. The molecule has 1 aliphatic heterocycles. The van der Waals surface area contributed by atoms with Gasteiger partial charge in [0.05, 0.1) is 25.9 Å². The summed E-state index contributed by atoms with van der Waals surface area (Å²) >= 11 is 3.65. The number of hydrogen-bond donors (Lipinski definition) is 1. The maximum Gasteiger partial charge on any atom is 0.252 e. The van der Waals surface area contributed by atoms with Crippen LogP contribution >= 0.6 is 15.9 Å². The monoisotopic (exact) mass is 325 g/mol. The number of halogens is 1. The van der Waals surface area contributed by atoms with Crippen LogP contribution in [0.3, 0.4) is 0 Å². The van der Waals surface area contributed by atoms with Crippen LogP contribution in [0.2, 0.25) is 0 Å². The fraction of sp³-hybridized carbons (Fsp3) is 0.500. The molecule has 0 bridgehead atoms. The first kappa shape index (κ1) is 13.1. The van der Waals surface area contributed by atoms with Crippen molar-refractivity contribution < 1.29 is 14.3 Å². The number of amides is 1. The van der Waals surface area contributed by atoms with E-state index in [-0.39, 0.29) is 16.8 Å². The van der Waals surface area contributed by atoms with Gasteiger partial charge >= 0.3 is 0 Å². The van der Waals surface area contributed by atoms with Gasteiger partial charge in [-0.1, -0.05) is 40.2 Å². The van der Waals surface area contributed by atoms with Crippen LogP contribution in [0.4, 0.5) is 0 Å². The highest BCUT2D eigenvalue weighted by atomic mass is 79.9. The summed E-state index contributed by atoms with van der Waals surface area (Å²) in [5.41, 5.74) is 2.48. The van der Waals surface area contributed by atoms with Gasteiger partial charge < -0.3 is 14.8 Å². The largest absolute Gasteiger partial charge is 0.376 e. The highest BCUT2D eigenvalue weighted by Gasteiger charge is 2.33. The number of benzene rings is 1. The van der Waals surface area contributed by atoms with Crippen molar-refractivity contribution in [3.63, 3.8) is 0 Å². The van der Waals surface area contributed by atoms with Crippen molar-refractivity contribution >= 4 is 21.8 Å². The molecule has 3 atom stereocenters. The third-order valence-corrected chi connectivity index (χ3v) is 4.43. The quantitative estimate of drug-likeness (QED) is 0.840. The van der Waals surface area contributed by atoms with Gasteiger partial charge in [-0.3, -0.25) is 4.79 Å². The molecule has 0 radical (unpaired) electrons. The molecule has 0 spiro atoms. The van der Waals surface area contributed by atoms with Crippen LogP contribution in [0.25, 0.3) is 0 Å². The first-order chi connectivity index (χ1) is 9.25. The smallest absolute Gasteiger partial charge is 0.252 e. The van der Waals surface area contributed by atoms with Crippen molar-refractivity contribution in [2.75, 3.05) is 19.8 Å². The third-order valence-electron chi connectivity index (χ3n) is 3.57. The molecule has 0 aromatic heterocycles. The predicted molar refractivity (Wildman–Crippen MR) is 74.3 cm³/mol. The fourth-order valence-electron chi connectivity index (χ4n) is 2.60. The number of nitrogens with one attached hydrogen (secondary N) is 1. The van der Waals surface area contributed by atoms with E-state index in [9.17, 15) is 4.79 Å². The molecule has 0 saturated carbocycles. The Hall–Kier alpha value is -0.910. The molecular weight excluding hydrogens is 310 g/mol. The molecule has 1 saturated heterocycles. The van der Waals surface area contributed by atoms with Gasteiger partial charge in [-0.15, -0.1) is 0 Å². The lowest BCUT2D eigenvalue weighted by molar-refractivity contribution is -0.148. The summed E-state index contributed by atoms with van der Waals surface area (Å²) in [5.74, 6) is -0.0918. The zero-order valence-corrected chi connectivity index (χ0v) is 12.1. The molecule has 3 rings (SSSR count). The topological polar surface area (TPSA) is 47.6 Å². The second-order valence-electron chi connectivity index (χ2n) is 4.84. The van der Waals surface area contributed by atoms with Crippen LogP contribution < -0.4 is 5.32 Å². The Morgan fingerprint density at radius 1 is 1.32 bits per heavy atom. The molecule has 4 nitrogen and oxygen atoms in total. The molecule has 1 heterocycles.